The van der Waals surface area contributed by atoms with Gasteiger partial charge in [0.15, 0.2) is 0 Å². The van der Waals surface area contributed by atoms with E-state index in [0.717, 1.165) is 5.56 Å². The molecule has 0 aliphatic heterocycles. The molecule has 0 saturated carbocycles. The number of nitrogens with two attached hydrogens (primary N) is 1. The Morgan fingerprint density at radius 1 is 1.55 bits per heavy atom. The second-order valence-electron chi connectivity index (χ2n) is 2.36. The predicted molar refractivity (Wildman–Crippen MR) is 43.8 cm³/mol. The summed E-state index contributed by atoms with van der Waals surface area (Å²) >= 11 is 0. The van der Waals surface area contributed by atoms with Crippen LogP contribution in [0.25, 0.3) is 0 Å². The number of rotatable bonds is 4. The minimum atomic E-state index is -0.521. The molecule has 1 atom stereocenters. The third-order valence-corrected chi connectivity index (χ3v) is 1.42. The lowest BCUT2D eigenvalue weighted by Crippen LogP contribution is -2.23. The van der Waals surface area contributed by atoms with Gasteiger partial charge in [-0.2, -0.15) is 0 Å². The van der Waals surface area contributed by atoms with Gasteiger partial charge in [0.25, 0.3) is 0 Å². The fourth-order valence-electron chi connectivity index (χ4n) is 0.891. The number of hydrogen-bond acceptors (Lipinski definition) is 2. The first-order valence-corrected chi connectivity index (χ1v) is 3.45. The lowest BCUT2D eigenvalue weighted by Gasteiger charge is -2.01. The van der Waals surface area contributed by atoms with Crippen molar-refractivity contribution in [1.29, 1.82) is 0 Å². The molecule has 1 aromatic carbocycles. The van der Waals surface area contributed by atoms with E-state index in [-0.39, 0.29) is 0 Å². The van der Waals surface area contributed by atoms with Crippen LogP contribution in [0.3, 0.4) is 0 Å². The van der Waals surface area contributed by atoms with E-state index in [2.05, 4.69) is 5.73 Å². The molecule has 0 bridgehead atoms. The van der Waals surface area contributed by atoms with Gasteiger partial charge in [-0.25, -0.2) is 0 Å². The summed E-state index contributed by atoms with van der Waals surface area (Å²) < 4.78 is 6.80. The highest BCUT2D eigenvalue weighted by Crippen LogP contribution is 1.99. The van der Waals surface area contributed by atoms with Crippen LogP contribution in [0.2, 0.25) is 1.41 Å². The molecule has 1 rings (SSSR count). The van der Waals surface area contributed by atoms with E-state index in [0.29, 0.717) is 6.42 Å². The van der Waals surface area contributed by atoms with Gasteiger partial charge < -0.3 is 5.73 Å². The summed E-state index contributed by atoms with van der Waals surface area (Å²) in [4.78, 5) is 10.2. The Bertz CT molecular complexity index is 238. The molecule has 57 valence electrons. The molecule has 2 nitrogen and oxygen atoms in total. The molecule has 0 heterocycles. The van der Waals surface area contributed by atoms with Crippen molar-refractivity contribution in [3.05, 3.63) is 35.9 Å². The summed E-state index contributed by atoms with van der Waals surface area (Å²) in [6.07, 6.45) is 2.27. The molecule has 0 aliphatic rings. The zero-order valence-electron chi connectivity index (χ0n) is 7.08. The SMILES string of the molecule is [3H]N[C@H]([C]=O)Cc1ccccc1. The monoisotopic (exact) mass is 150 g/mol. The maximum absolute atomic E-state index is 10.2. The molecule has 2 N–H and O–H groups in total. The van der Waals surface area contributed by atoms with Crippen molar-refractivity contribution in [2.45, 2.75) is 12.5 Å². The van der Waals surface area contributed by atoms with Gasteiger partial charge in [0.1, 0.15) is 1.41 Å². The molecule has 0 spiro atoms. The molecule has 11 heavy (non-hydrogen) atoms. The fraction of sp³-hybridized carbons (Fsp3) is 0.222. The van der Waals surface area contributed by atoms with Gasteiger partial charge in [-0.3, -0.25) is 4.79 Å². The molecule has 0 saturated heterocycles. The van der Waals surface area contributed by atoms with Crippen LogP contribution in [-0.2, 0) is 11.2 Å². The van der Waals surface area contributed by atoms with Crippen molar-refractivity contribution in [2.75, 3.05) is 0 Å². The Balaban J connectivity index is 2.56. The first kappa shape index (κ1) is 6.55. The molecule has 1 aromatic rings. The topological polar surface area (TPSA) is 43.1 Å². The van der Waals surface area contributed by atoms with Crippen LogP contribution in [0.5, 0.6) is 0 Å². The van der Waals surface area contributed by atoms with E-state index in [1.807, 2.05) is 30.3 Å². The first-order chi connectivity index (χ1) is 5.86. The minimum absolute atomic E-state index is 0.521. The lowest BCUT2D eigenvalue weighted by molar-refractivity contribution is 0.541. The third kappa shape index (κ3) is 2.51. The summed E-state index contributed by atoms with van der Waals surface area (Å²) in [5.74, 6) is 0. The summed E-state index contributed by atoms with van der Waals surface area (Å²) in [5, 5.41) is 0. The largest absolute Gasteiger partial charge is 0.321 e. The maximum atomic E-state index is 10.2. The van der Waals surface area contributed by atoms with Crippen LogP contribution in [0.4, 0.5) is 0 Å². The zero-order valence-corrected chi connectivity index (χ0v) is 6.08. The molecule has 0 aromatic heterocycles. The Kier molecular flexibility index (Phi) is 2.31. The second-order valence-corrected chi connectivity index (χ2v) is 2.36. The average molecular weight is 150 g/mol. The normalized spacial score (nSPS) is 13.6. The molecular formula is C9H10NO. The number of hydrogen-bond donors (Lipinski definition) is 1. The van der Waals surface area contributed by atoms with Crippen LogP contribution in [0, 0.1) is 0 Å². The quantitative estimate of drug-likeness (QED) is 0.685. The van der Waals surface area contributed by atoms with E-state index in [9.17, 15) is 4.79 Å². The van der Waals surface area contributed by atoms with E-state index in [1.165, 1.54) is 0 Å². The molecule has 1 radical (unpaired) electrons. The van der Waals surface area contributed by atoms with Crippen LogP contribution < -0.4 is 5.73 Å². The van der Waals surface area contributed by atoms with Crippen LogP contribution in [-0.4, -0.2) is 12.3 Å². The summed E-state index contributed by atoms with van der Waals surface area (Å²) in [6, 6.07) is 9.04. The van der Waals surface area contributed by atoms with Gasteiger partial charge in [-0.15, -0.1) is 0 Å². The van der Waals surface area contributed by atoms with Gasteiger partial charge >= 0.3 is 0 Å². The third-order valence-electron chi connectivity index (χ3n) is 1.42. The van der Waals surface area contributed by atoms with Crippen LogP contribution in [0.1, 0.15) is 5.56 Å². The molecule has 0 aliphatic carbocycles. The minimum Gasteiger partial charge on any atom is -0.321 e. The number of benzene rings is 1. The van der Waals surface area contributed by atoms with Crippen molar-refractivity contribution in [3.63, 3.8) is 0 Å². The van der Waals surface area contributed by atoms with Crippen molar-refractivity contribution in [1.82, 2.24) is 0 Å². The smallest absolute Gasteiger partial charge is 0.217 e. The van der Waals surface area contributed by atoms with Crippen molar-refractivity contribution in [3.8, 4) is 0 Å². The van der Waals surface area contributed by atoms with Crippen LogP contribution >= 0.6 is 0 Å². The standard InChI is InChI=1S/C9H10NO/c10-9(7-11)6-8-4-2-1-3-5-8/h1-5,9H,6,10H2/t9-/m0/s1/i/hT. The van der Waals surface area contributed by atoms with Crippen LogP contribution in [0.15, 0.2) is 30.3 Å². The molecule has 0 amide bonds. The summed E-state index contributed by atoms with van der Waals surface area (Å²) in [7, 11) is 0. The van der Waals surface area contributed by atoms with E-state index < -0.39 is 6.04 Å². The Labute approximate surface area is 67.5 Å². The lowest BCUT2D eigenvalue weighted by atomic mass is 10.1. The zero-order chi connectivity index (χ0) is 8.81. The first-order valence-electron chi connectivity index (χ1n) is 3.95. The van der Waals surface area contributed by atoms with Crippen molar-refractivity contribution < 1.29 is 6.21 Å². The van der Waals surface area contributed by atoms with Gasteiger partial charge in [-0.05, 0) is 12.0 Å². The van der Waals surface area contributed by atoms with Crippen molar-refractivity contribution in [2.24, 2.45) is 5.73 Å². The summed E-state index contributed by atoms with van der Waals surface area (Å²) in [5.41, 5.74) is 3.16. The number of carbonyl (C=O) groups excluding carboxylic acids is 1. The van der Waals surface area contributed by atoms with Gasteiger partial charge in [0.2, 0.25) is 6.29 Å². The maximum Gasteiger partial charge on any atom is 0.217 e. The van der Waals surface area contributed by atoms with Gasteiger partial charge in [-0.1, -0.05) is 30.3 Å². The Morgan fingerprint density at radius 3 is 2.82 bits per heavy atom. The summed E-state index contributed by atoms with van der Waals surface area (Å²) in [6.45, 7) is 0. The highest BCUT2D eigenvalue weighted by Gasteiger charge is 2.00. The van der Waals surface area contributed by atoms with E-state index in [1.54, 1.807) is 6.29 Å². The predicted octanol–water partition coefficient (Wildman–Crippen LogP) is 0.666. The molecule has 0 fully saturated rings. The van der Waals surface area contributed by atoms with Crippen molar-refractivity contribution >= 4 is 6.29 Å². The second kappa shape index (κ2) is 3.88. The van der Waals surface area contributed by atoms with E-state index in [4.69, 9.17) is 1.41 Å². The fourth-order valence-corrected chi connectivity index (χ4v) is 0.891. The molecule has 2 heteroatoms. The highest BCUT2D eigenvalue weighted by atomic mass is 16.1. The average Bonchev–Trinajstić information content (AvgIpc) is 2.16. The molecule has 0 unspecified atom stereocenters. The Morgan fingerprint density at radius 2 is 2.27 bits per heavy atom. The molecular weight excluding hydrogens is 138 g/mol. The Hall–Kier alpha value is -1.15. The highest BCUT2D eigenvalue weighted by molar-refractivity contribution is 5.58. The van der Waals surface area contributed by atoms with Gasteiger partial charge in [0, 0.05) is 0 Å². The van der Waals surface area contributed by atoms with Gasteiger partial charge in [0.05, 0.1) is 6.04 Å². The van der Waals surface area contributed by atoms with E-state index >= 15 is 0 Å².